The van der Waals surface area contributed by atoms with Gasteiger partial charge in [-0.25, -0.2) is 18.5 Å². The average Bonchev–Trinajstić information content (AvgIpc) is 2.84. The first-order valence-corrected chi connectivity index (χ1v) is 9.10. The summed E-state index contributed by atoms with van der Waals surface area (Å²) in [6.45, 7) is 3.08. The average molecular weight is 439 g/mol. The molecule has 0 radical (unpaired) electrons. The van der Waals surface area contributed by atoms with Gasteiger partial charge in [-0.15, -0.1) is 0 Å². The third-order valence-corrected chi connectivity index (χ3v) is 4.86. The lowest BCUT2D eigenvalue weighted by atomic mass is 10.3. The Bertz CT molecular complexity index is 736. The van der Waals surface area contributed by atoms with E-state index in [2.05, 4.69) is 36.8 Å². The van der Waals surface area contributed by atoms with Gasteiger partial charge in [0.1, 0.15) is 18.2 Å². The predicted molar refractivity (Wildman–Crippen MR) is 85.4 cm³/mol. The highest BCUT2D eigenvalue weighted by Gasteiger charge is 2.16. The van der Waals surface area contributed by atoms with Crippen molar-refractivity contribution in [2.45, 2.75) is 25.0 Å². The van der Waals surface area contributed by atoms with Crippen molar-refractivity contribution < 1.29 is 13.2 Å². The maximum Gasteiger partial charge on any atom is 0.238 e. The summed E-state index contributed by atoms with van der Waals surface area (Å²) in [4.78, 5) is 4.21. The summed E-state index contributed by atoms with van der Waals surface area (Å²) in [5.74, 6) is 1.28. The molecular formula is C12H13Br2N3O3S. The van der Waals surface area contributed by atoms with Gasteiger partial charge in [0.15, 0.2) is 0 Å². The molecular weight excluding hydrogens is 426 g/mol. The lowest BCUT2D eigenvalue weighted by Crippen LogP contribution is -2.12. The summed E-state index contributed by atoms with van der Waals surface area (Å²) in [6.07, 6.45) is 3.57. The largest absolute Gasteiger partial charge is 0.483 e. The fourth-order valence-corrected chi connectivity index (χ4v) is 4.03. The van der Waals surface area contributed by atoms with Gasteiger partial charge in [0.2, 0.25) is 10.0 Å². The highest BCUT2D eigenvalue weighted by Crippen LogP contribution is 2.36. The summed E-state index contributed by atoms with van der Waals surface area (Å²) in [5, 5.41) is 5.11. The van der Waals surface area contributed by atoms with Crippen LogP contribution in [0.15, 0.2) is 38.4 Å². The maximum atomic E-state index is 11.4. The van der Waals surface area contributed by atoms with E-state index in [9.17, 15) is 8.42 Å². The van der Waals surface area contributed by atoms with Crippen LogP contribution in [0.1, 0.15) is 12.7 Å². The molecule has 1 aromatic heterocycles. The van der Waals surface area contributed by atoms with Crippen molar-refractivity contribution in [1.29, 1.82) is 0 Å². The number of hydrogen-bond acceptors (Lipinski definition) is 4. The molecule has 0 amide bonds. The minimum absolute atomic E-state index is 0.00339. The third kappa shape index (κ3) is 3.85. The number of aromatic nitrogens is 2. The number of primary sulfonamides is 1. The molecule has 0 aliphatic heterocycles. The summed E-state index contributed by atoms with van der Waals surface area (Å²) < 4.78 is 31.4. The van der Waals surface area contributed by atoms with E-state index >= 15 is 0 Å². The molecule has 1 aromatic carbocycles. The molecule has 2 N–H and O–H groups in total. The number of halogens is 2. The molecule has 0 saturated carbocycles. The van der Waals surface area contributed by atoms with Gasteiger partial charge >= 0.3 is 0 Å². The number of ether oxygens (including phenoxy) is 1. The van der Waals surface area contributed by atoms with Gasteiger partial charge in [0, 0.05) is 18.9 Å². The van der Waals surface area contributed by atoms with Crippen LogP contribution in [0.4, 0.5) is 0 Å². The number of benzene rings is 1. The highest BCUT2D eigenvalue weighted by atomic mass is 79.9. The predicted octanol–water partition coefficient (Wildman–Crippen LogP) is 2.65. The van der Waals surface area contributed by atoms with Gasteiger partial charge in [0.25, 0.3) is 0 Å². The van der Waals surface area contributed by atoms with Crippen molar-refractivity contribution in [2.75, 3.05) is 0 Å². The zero-order valence-corrected chi connectivity index (χ0v) is 15.1. The van der Waals surface area contributed by atoms with Crippen LogP contribution in [0.2, 0.25) is 0 Å². The maximum absolute atomic E-state index is 11.4. The molecule has 0 bridgehead atoms. The standard InChI is InChI=1S/C12H13Br2N3O3S/c1-2-17-4-3-16-11(17)7-20-12-9(13)5-8(6-10(12)14)21(15,18)19/h3-6H,2,7H2,1H3,(H2,15,18,19). The van der Waals surface area contributed by atoms with Gasteiger partial charge in [-0.2, -0.15) is 0 Å². The van der Waals surface area contributed by atoms with E-state index in [-0.39, 0.29) is 11.5 Å². The van der Waals surface area contributed by atoms with Crippen LogP contribution < -0.4 is 9.88 Å². The van der Waals surface area contributed by atoms with E-state index in [4.69, 9.17) is 9.88 Å². The van der Waals surface area contributed by atoms with E-state index < -0.39 is 10.0 Å². The Morgan fingerprint density at radius 3 is 2.48 bits per heavy atom. The summed E-state index contributed by atoms with van der Waals surface area (Å²) in [7, 11) is -3.77. The third-order valence-electron chi connectivity index (χ3n) is 2.79. The van der Waals surface area contributed by atoms with Gasteiger partial charge in [0.05, 0.1) is 13.8 Å². The Morgan fingerprint density at radius 1 is 1.33 bits per heavy atom. The molecule has 2 rings (SSSR count). The molecule has 1 heterocycles. The lowest BCUT2D eigenvalue weighted by Gasteiger charge is -2.12. The molecule has 0 atom stereocenters. The first kappa shape index (κ1) is 16.5. The zero-order valence-electron chi connectivity index (χ0n) is 11.1. The highest BCUT2D eigenvalue weighted by molar-refractivity contribution is 9.11. The number of nitrogens with zero attached hydrogens (tertiary/aromatic N) is 2. The molecule has 0 unspecified atom stereocenters. The Labute approximate surface area is 139 Å². The smallest absolute Gasteiger partial charge is 0.238 e. The lowest BCUT2D eigenvalue weighted by molar-refractivity contribution is 0.286. The second-order valence-electron chi connectivity index (χ2n) is 4.18. The fraction of sp³-hybridized carbons (Fsp3) is 0.250. The number of rotatable bonds is 5. The van der Waals surface area contributed by atoms with Crippen molar-refractivity contribution in [3.8, 4) is 5.75 Å². The van der Waals surface area contributed by atoms with Crippen LogP contribution in [-0.4, -0.2) is 18.0 Å². The van der Waals surface area contributed by atoms with Crippen LogP contribution in [-0.2, 0) is 23.2 Å². The number of imidazole rings is 1. The van der Waals surface area contributed by atoms with Crippen LogP contribution in [0.3, 0.4) is 0 Å². The molecule has 2 aromatic rings. The Hall–Kier alpha value is -0.900. The first-order valence-electron chi connectivity index (χ1n) is 5.97. The Morgan fingerprint density at radius 2 is 1.95 bits per heavy atom. The van der Waals surface area contributed by atoms with Gasteiger partial charge < -0.3 is 9.30 Å². The van der Waals surface area contributed by atoms with E-state index in [1.165, 1.54) is 12.1 Å². The van der Waals surface area contributed by atoms with Crippen molar-refractivity contribution in [3.05, 3.63) is 39.3 Å². The van der Waals surface area contributed by atoms with Gasteiger partial charge in [-0.1, -0.05) is 0 Å². The minimum atomic E-state index is -3.77. The van der Waals surface area contributed by atoms with E-state index in [1.807, 2.05) is 17.7 Å². The molecule has 0 saturated heterocycles. The van der Waals surface area contributed by atoms with Crippen molar-refractivity contribution >= 4 is 41.9 Å². The zero-order chi connectivity index (χ0) is 15.6. The second-order valence-corrected chi connectivity index (χ2v) is 7.45. The van der Waals surface area contributed by atoms with Crippen molar-refractivity contribution in [2.24, 2.45) is 5.14 Å². The van der Waals surface area contributed by atoms with Crippen LogP contribution in [0, 0.1) is 0 Å². The SMILES string of the molecule is CCn1ccnc1COc1c(Br)cc(S(N)(=O)=O)cc1Br. The molecule has 114 valence electrons. The van der Waals surface area contributed by atoms with E-state index in [0.29, 0.717) is 14.7 Å². The van der Waals surface area contributed by atoms with Crippen molar-refractivity contribution in [3.63, 3.8) is 0 Å². The Kier molecular flexibility index (Phi) is 5.07. The normalized spacial score (nSPS) is 11.6. The molecule has 9 heteroatoms. The summed E-state index contributed by atoms with van der Waals surface area (Å²) >= 11 is 6.58. The molecule has 0 aliphatic rings. The monoisotopic (exact) mass is 437 g/mol. The number of nitrogens with two attached hydrogens (primary N) is 1. The number of sulfonamides is 1. The van der Waals surface area contributed by atoms with E-state index in [1.54, 1.807) is 6.20 Å². The summed E-state index contributed by atoms with van der Waals surface area (Å²) in [6, 6.07) is 2.81. The van der Waals surface area contributed by atoms with Gasteiger partial charge in [-0.3, -0.25) is 0 Å². The van der Waals surface area contributed by atoms with Crippen molar-refractivity contribution in [1.82, 2.24) is 9.55 Å². The van der Waals surface area contributed by atoms with Crippen LogP contribution >= 0.6 is 31.9 Å². The second kappa shape index (κ2) is 6.47. The topological polar surface area (TPSA) is 87.2 Å². The molecule has 0 spiro atoms. The first-order chi connectivity index (χ1) is 9.82. The fourth-order valence-electron chi connectivity index (χ4n) is 1.74. The van der Waals surface area contributed by atoms with Crippen LogP contribution in [0.5, 0.6) is 5.75 Å². The number of hydrogen-bond donors (Lipinski definition) is 1. The Balaban J connectivity index is 2.25. The van der Waals surface area contributed by atoms with Gasteiger partial charge in [-0.05, 0) is 50.9 Å². The molecule has 0 aliphatic carbocycles. The molecule has 0 fully saturated rings. The minimum Gasteiger partial charge on any atom is -0.483 e. The van der Waals surface area contributed by atoms with E-state index in [0.717, 1.165) is 12.4 Å². The number of aryl methyl sites for hydroxylation is 1. The summed E-state index contributed by atoms with van der Waals surface area (Å²) in [5.41, 5.74) is 0. The molecule has 21 heavy (non-hydrogen) atoms. The van der Waals surface area contributed by atoms with Crippen LogP contribution in [0.25, 0.3) is 0 Å². The quantitative estimate of drug-likeness (QED) is 0.777. The molecule has 6 nitrogen and oxygen atoms in total.